The average molecular weight is 492 g/mol. The van der Waals surface area contributed by atoms with Gasteiger partial charge in [0.15, 0.2) is 5.78 Å². The van der Waals surface area contributed by atoms with Crippen molar-refractivity contribution in [1.82, 2.24) is 4.90 Å². The monoisotopic (exact) mass is 491 g/mol. The number of nitrogens with zero attached hydrogens (tertiary/aromatic N) is 1. The molecule has 4 rings (SSSR count). The van der Waals surface area contributed by atoms with E-state index in [0.29, 0.717) is 6.42 Å². The molecular weight excluding hydrogens is 462 g/mol. The maximum atomic E-state index is 12.4. The molecule has 0 saturated carbocycles. The lowest BCUT2D eigenvalue weighted by Gasteiger charge is -2.42. The second-order valence-electron chi connectivity index (χ2n) is 8.65. The lowest BCUT2D eigenvalue weighted by molar-refractivity contribution is -0.0142. The standard InChI is InChI=1S/C28H30BrNO2/c29-26-15-13-22(14-16-26)27(31)12-7-19-30-20-17-25(18-21-30)28(32,23-8-3-1-4-9-23)24-10-5-2-6-11-24/h1-6,8-11,13-16,25,32H,7,12,17-21H2. The van der Waals surface area contributed by atoms with Gasteiger partial charge >= 0.3 is 0 Å². The largest absolute Gasteiger partial charge is 0.380 e. The van der Waals surface area contributed by atoms with E-state index in [1.165, 1.54) is 0 Å². The SMILES string of the molecule is O=C(CCCN1CCC(C(O)(c2ccccc2)c2ccccc2)CC1)c1ccc(Br)cc1. The molecule has 1 aliphatic rings. The van der Waals surface area contributed by atoms with E-state index in [1.54, 1.807) is 0 Å². The maximum absolute atomic E-state index is 12.4. The van der Waals surface area contributed by atoms with Gasteiger partial charge in [-0.05, 0) is 68.1 Å². The van der Waals surface area contributed by atoms with E-state index >= 15 is 0 Å². The number of carbonyl (C=O) groups is 1. The minimum Gasteiger partial charge on any atom is -0.380 e. The van der Waals surface area contributed by atoms with Crippen LogP contribution in [0.15, 0.2) is 89.4 Å². The Kier molecular flexibility index (Phi) is 7.56. The highest BCUT2D eigenvalue weighted by Gasteiger charge is 2.41. The molecule has 1 fully saturated rings. The molecule has 1 heterocycles. The maximum Gasteiger partial charge on any atom is 0.162 e. The molecule has 0 aliphatic carbocycles. The molecule has 0 aromatic heterocycles. The highest BCUT2D eigenvalue weighted by atomic mass is 79.9. The van der Waals surface area contributed by atoms with Crippen LogP contribution in [0.5, 0.6) is 0 Å². The summed E-state index contributed by atoms with van der Waals surface area (Å²) >= 11 is 3.41. The molecule has 1 saturated heterocycles. The van der Waals surface area contributed by atoms with E-state index in [0.717, 1.165) is 60.1 Å². The average Bonchev–Trinajstić information content (AvgIpc) is 2.85. The Morgan fingerprint density at radius 2 is 1.41 bits per heavy atom. The van der Waals surface area contributed by atoms with Crippen molar-refractivity contribution in [2.75, 3.05) is 19.6 Å². The molecule has 3 aromatic rings. The fourth-order valence-corrected chi connectivity index (χ4v) is 5.10. The molecule has 0 unspecified atom stereocenters. The number of Topliss-reactive ketones (excluding diaryl/α,β-unsaturated/α-hetero) is 1. The van der Waals surface area contributed by atoms with Crippen LogP contribution in [0.1, 0.15) is 47.2 Å². The normalized spacial score (nSPS) is 15.6. The van der Waals surface area contributed by atoms with Crippen LogP contribution in [0.25, 0.3) is 0 Å². The number of hydrogen-bond donors (Lipinski definition) is 1. The third kappa shape index (κ3) is 5.20. The summed E-state index contributed by atoms with van der Waals surface area (Å²) in [5.74, 6) is 0.364. The van der Waals surface area contributed by atoms with Crippen molar-refractivity contribution in [3.8, 4) is 0 Å². The van der Waals surface area contributed by atoms with Crippen molar-refractivity contribution in [3.05, 3.63) is 106 Å². The van der Waals surface area contributed by atoms with Gasteiger partial charge in [-0.3, -0.25) is 4.79 Å². The van der Waals surface area contributed by atoms with E-state index in [1.807, 2.05) is 84.9 Å². The van der Waals surface area contributed by atoms with Crippen molar-refractivity contribution in [2.24, 2.45) is 5.92 Å². The van der Waals surface area contributed by atoms with E-state index in [2.05, 4.69) is 20.8 Å². The molecule has 0 spiro atoms. The summed E-state index contributed by atoms with van der Waals surface area (Å²) in [6.07, 6.45) is 3.29. The van der Waals surface area contributed by atoms with Crippen LogP contribution in [-0.2, 0) is 5.60 Å². The third-order valence-electron chi connectivity index (χ3n) is 6.65. The molecule has 32 heavy (non-hydrogen) atoms. The zero-order valence-electron chi connectivity index (χ0n) is 18.3. The summed E-state index contributed by atoms with van der Waals surface area (Å²) in [5.41, 5.74) is 1.73. The van der Waals surface area contributed by atoms with Gasteiger partial charge < -0.3 is 10.0 Å². The van der Waals surface area contributed by atoms with E-state index in [4.69, 9.17) is 0 Å². The number of piperidine rings is 1. The van der Waals surface area contributed by atoms with Gasteiger partial charge in [0.05, 0.1) is 0 Å². The van der Waals surface area contributed by atoms with Crippen molar-refractivity contribution in [2.45, 2.75) is 31.3 Å². The van der Waals surface area contributed by atoms with Gasteiger partial charge in [0.2, 0.25) is 0 Å². The Morgan fingerprint density at radius 1 is 0.875 bits per heavy atom. The van der Waals surface area contributed by atoms with Crippen molar-refractivity contribution in [1.29, 1.82) is 0 Å². The van der Waals surface area contributed by atoms with Crippen molar-refractivity contribution < 1.29 is 9.90 Å². The van der Waals surface area contributed by atoms with Crippen LogP contribution in [0.3, 0.4) is 0 Å². The van der Waals surface area contributed by atoms with Crippen molar-refractivity contribution >= 4 is 21.7 Å². The zero-order chi connectivity index (χ0) is 22.4. The fraction of sp³-hybridized carbons (Fsp3) is 0.321. The first-order valence-corrected chi connectivity index (χ1v) is 12.2. The Labute approximate surface area is 199 Å². The Morgan fingerprint density at radius 3 is 1.94 bits per heavy atom. The molecule has 1 N–H and O–H groups in total. The van der Waals surface area contributed by atoms with Gasteiger partial charge in [-0.25, -0.2) is 0 Å². The second kappa shape index (κ2) is 10.6. The Hall–Kier alpha value is -2.27. The van der Waals surface area contributed by atoms with Gasteiger partial charge in [-0.1, -0.05) is 88.7 Å². The number of halogens is 1. The highest BCUT2D eigenvalue weighted by molar-refractivity contribution is 9.10. The molecule has 0 amide bonds. The van der Waals surface area contributed by atoms with Crippen molar-refractivity contribution in [3.63, 3.8) is 0 Å². The minimum atomic E-state index is -0.980. The number of hydrogen-bond acceptors (Lipinski definition) is 3. The molecule has 0 bridgehead atoms. The molecule has 0 atom stereocenters. The van der Waals surface area contributed by atoms with Crippen LogP contribution in [0.2, 0.25) is 0 Å². The summed E-state index contributed by atoms with van der Waals surface area (Å²) in [5, 5.41) is 12.0. The molecule has 4 heteroatoms. The smallest absolute Gasteiger partial charge is 0.162 e. The van der Waals surface area contributed by atoms with Crippen LogP contribution >= 0.6 is 15.9 Å². The van der Waals surface area contributed by atoms with E-state index < -0.39 is 5.60 Å². The van der Waals surface area contributed by atoms with Crippen LogP contribution in [0, 0.1) is 5.92 Å². The lowest BCUT2D eigenvalue weighted by Crippen LogP contribution is -2.44. The Bertz CT molecular complexity index is 957. The van der Waals surface area contributed by atoms with E-state index in [9.17, 15) is 9.90 Å². The summed E-state index contributed by atoms with van der Waals surface area (Å²) in [6, 6.07) is 27.7. The predicted molar refractivity (Wildman–Crippen MR) is 133 cm³/mol. The molecule has 0 radical (unpaired) electrons. The number of aliphatic hydroxyl groups is 1. The first-order valence-electron chi connectivity index (χ1n) is 11.4. The lowest BCUT2D eigenvalue weighted by atomic mass is 9.72. The molecular formula is C28H30BrNO2. The third-order valence-corrected chi connectivity index (χ3v) is 7.18. The first kappa shape index (κ1) is 22.9. The summed E-state index contributed by atoms with van der Waals surface area (Å²) in [7, 11) is 0. The zero-order valence-corrected chi connectivity index (χ0v) is 19.9. The molecule has 3 aromatic carbocycles. The molecule has 166 valence electrons. The summed E-state index contributed by atoms with van der Waals surface area (Å²) in [6.45, 7) is 2.81. The number of rotatable bonds is 8. The van der Waals surface area contributed by atoms with Crippen LogP contribution in [0.4, 0.5) is 0 Å². The Balaban J connectivity index is 1.35. The summed E-state index contributed by atoms with van der Waals surface area (Å²) < 4.78 is 0.989. The number of benzene rings is 3. The second-order valence-corrected chi connectivity index (χ2v) is 9.56. The molecule has 1 aliphatic heterocycles. The topological polar surface area (TPSA) is 40.5 Å². The number of carbonyl (C=O) groups excluding carboxylic acids is 1. The quantitative estimate of drug-likeness (QED) is 0.389. The fourth-order valence-electron chi connectivity index (χ4n) is 4.84. The van der Waals surface area contributed by atoms with Gasteiger partial charge in [0.25, 0.3) is 0 Å². The van der Waals surface area contributed by atoms with Crippen LogP contribution < -0.4 is 0 Å². The number of likely N-dealkylation sites (tertiary alicyclic amines) is 1. The van der Waals surface area contributed by atoms with Gasteiger partial charge in [-0.15, -0.1) is 0 Å². The van der Waals surface area contributed by atoms with E-state index in [-0.39, 0.29) is 11.7 Å². The molecule has 3 nitrogen and oxygen atoms in total. The van der Waals surface area contributed by atoms with Gasteiger partial charge in [0.1, 0.15) is 5.60 Å². The summed E-state index contributed by atoms with van der Waals surface area (Å²) in [4.78, 5) is 14.9. The minimum absolute atomic E-state index is 0.160. The van der Waals surface area contributed by atoms with Gasteiger partial charge in [0, 0.05) is 16.5 Å². The predicted octanol–water partition coefficient (Wildman–Crippen LogP) is 6.06. The first-order chi connectivity index (χ1) is 15.6. The number of ketones is 1. The highest BCUT2D eigenvalue weighted by Crippen LogP contribution is 2.41. The van der Waals surface area contributed by atoms with Gasteiger partial charge in [-0.2, -0.15) is 0 Å². The van der Waals surface area contributed by atoms with Crippen LogP contribution in [-0.4, -0.2) is 35.4 Å².